The first-order chi connectivity index (χ1) is 12.2. The van der Waals surface area contributed by atoms with Crippen LogP contribution in [0.15, 0.2) is 4.99 Å². The molecule has 26 heavy (non-hydrogen) atoms. The van der Waals surface area contributed by atoms with Gasteiger partial charge in [0.1, 0.15) is 0 Å². The average Bonchev–Trinajstić information content (AvgIpc) is 3.01. The SMILES string of the molecule is CCN=C(NC1C2CCOC2C12CCC2)N1CCC(C(=O)OC)CC1.I. The van der Waals surface area contributed by atoms with Crippen molar-refractivity contribution in [3.05, 3.63) is 0 Å². The van der Waals surface area contributed by atoms with Crippen LogP contribution in [0.25, 0.3) is 0 Å². The summed E-state index contributed by atoms with van der Waals surface area (Å²) in [6.45, 7) is 5.53. The fourth-order valence-corrected chi connectivity index (χ4v) is 5.48. The van der Waals surface area contributed by atoms with Crippen molar-refractivity contribution in [3.8, 4) is 0 Å². The number of carbonyl (C=O) groups excluding carboxylic acids is 1. The van der Waals surface area contributed by atoms with Crippen LogP contribution < -0.4 is 5.32 Å². The molecule has 0 aromatic carbocycles. The Morgan fingerprint density at radius 3 is 2.62 bits per heavy atom. The van der Waals surface area contributed by atoms with Gasteiger partial charge in [-0.1, -0.05) is 6.42 Å². The number of hydrogen-bond acceptors (Lipinski definition) is 4. The molecule has 6 nitrogen and oxygen atoms in total. The number of esters is 1. The number of ether oxygens (including phenoxy) is 2. The highest BCUT2D eigenvalue weighted by atomic mass is 127. The number of likely N-dealkylation sites (tertiary alicyclic amines) is 1. The van der Waals surface area contributed by atoms with Gasteiger partial charge in [-0.2, -0.15) is 0 Å². The Morgan fingerprint density at radius 1 is 1.31 bits per heavy atom. The Kier molecular flexibility index (Phi) is 6.37. The summed E-state index contributed by atoms with van der Waals surface area (Å²) >= 11 is 0. The van der Waals surface area contributed by atoms with Crippen LogP contribution >= 0.6 is 24.0 Å². The molecule has 0 radical (unpaired) electrons. The quantitative estimate of drug-likeness (QED) is 0.293. The predicted molar refractivity (Wildman–Crippen MR) is 111 cm³/mol. The second-order valence-corrected chi connectivity index (χ2v) is 8.04. The fraction of sp³-hybridized carbons (Fsp3) is 0.895. The molecule has 0 bridgehead atoms. The molecule has 1 N–H and O–H groups in total. The summed E-state index contributed by atoms with van der Waals surface area (Å²) in [7, 11) is 1.48. The van der Waals surface area contributed by atoms with Gasteiger partial charge >= 0.3 is 5.97 Å². The third-order valence-electron chi connectivity index (χ3n) is 6.96. The Bertz CT molecular complexity index is 544. The highest BCUT2D eigenvalue weighted by Crippen LogP contribution is 2.62. The van der Waals surface area contributed by atoms with Crippen LogP contribution in [-0.2, 0) is 14.3 Å². The number of guanidine groups is 1. The van der Waals surface area contributed by atoms with Crippen LogP contribution in [-0.4, -0.2) is 62.3 Å². The summed E-state index contributed by atoms with van der Waals surface area (Å²) in [6.07, 6.45) is 7.26. The van der Waals surface area contributed by atoms with Gasteiger partial charge in [0.15, 0.2) is 5.96 Å². The number of carbonyl (C=O) groups is 1. The van der Waals surface area contributed by atoms with Crippen LogP contribution in [0.4, 0.5) is 0 Å². The van der Waals surface area contributed by atoms with Crippen LogP contribution in [0.5, 0.6) is 0 Å². The zero-order valence-electron chi connectivity index (χ0n) is 15.9. The summed E-state index contributed by atoms with van der Waals surface area (Å²) in [4.78, 5) is 18.9. The first-order valence-electron chi connectivity index (χ1n) is 9.95. The van der Waals surface area contributed by atoms with Crippen molar-refractivity contribution in [1.82, 2.24) is 10.2 Å². The number of hydrogen-bond donors (Lipinski definition) is 1. The van der Waals surface area contributed by atoms with Crippen LogP contribution in [0, 0.1) is 17.3 Å². The number of nitrogens with one attached hydrogen (secondary N) is 1. The first-order valence-corrected chi connectivity index (χ1v) is 9.95. The maximum absolute atomic E-state index is 11.8. The molecular formula is C19H32IN3O3. The van der Waals surface area contributed by atoms with Gasteiger partial charge in [0.05, 0.1) is 19.1 Å². The van der Waals surface area contributed by atoms with E-state index in [-0.39, 0.29) is 35.9 Å². The average molecular weight is 477 g/mol. The summed E-state index contributed by atoms with van der Waals surface area (Å²) in [5.41, 5.74) is 0.361. The molecule has 7 heteroatoms. The van der Waals surface area contributed by atoms with Gasteiger partial charge < -0.3 is 19.7 Å². The van der Waals surface area contributed by atoms with Gasteiger partial charge in [0.2, 0.25) is 0 Å². The molecule has 4 fully saturated rings. The number of nitrogens with zero attached hydrogens (tertiary/aromatic N) is 2. The van der Waals surface area contributed by atoms with E-state index in [1.54, 1.807) is 0 Å². The fourth-order valence-electron chi connectivity index (χ4n) is 5.48. The standard InChI is InChI=1S/C19H31N3O3.HI/c1-3-20-18(22-10-5-13(6-11-22)17(23)24-2)21-15-14-7-12-25-16(14)19(15)8-4-9-19;/h13-16H,3-12H2,1-2H3,(H,20,21);1H. The molecular weight excluding hydrogens is 445 g/mol. The number of fused-ring (bicyclic) bond motifs is 2. The maximum Gasteiger partial charge on any atom is 0.308 e. The van der Waals surface area contributed by atoms with E-state index >= 15 is 0 Å². The van der Waals surface area contributed by atoms with E-state index in [4.69, 9.17) is 14.5 Å². The van der Waals surface area contributed by atoms with Crippen molar-refractivity contribution in [2.24, 2.45) is 22.2 Å². The third-order valence-corrected chi connectivity index (χ3v) is 6.96. The smallest absolute Gasteiger partial charge is 0.308 e. The van der Waals surface area contributed by atoms with Crippen molar-refractivity contribution in [1.29, 1.82) is 0 Å². The third kappa shape index (κ3) is 3.23. The molecule has 148 valence electrons. The molecule has 4 rings (SSSR count). The summed E-state index contributed by atoms with van der Waals surface area (Å²) in [5.74, 6) is 1.65. The number of methoxy groups -OCH3 is 1. The second kappa shape index (κ2) is 8.20. The van der Waals surface area contributed by atoms with E-state index in [9.17, 15) is 4.79 Å². The van der Waals surface area contributed by atoms with Crippen LogP contribution in [0.3, 0.4) is 0 Å². The minimum atomic E-state index is -0.0695. The maximum atomic E-state index is 11.8. The minimum Gasteiger partial charge on any atom is -0.469 e. The Labute approximate surface area is 173 Å². The molecule has 2 heterocycles. The molecule has 0 amide bonds. The highest BCUT2D eigenvalue weighted by Gasteiger charge is 2.66. The Hall–Kier alpha value is -0.570. The van der Waals surface area contributed by atoms with E-state index < -0.39 is 0 Å². The molecule has 2 aliphatic carbocycles. The number of aliphatic imine (C=N–C) groups is 1. The lowest BCUT2D eigenvalue weighted by Gasteiger charge is -2.63. The lowest BCUT2D eigenvalue weighted by Crippen LogP contribution is -2.72. The Balaban J connectivity index is 0.00000196. The van der Waals surface area contributed by atoms with E-state index in [0.29, 0.717) is 23.5 Å². The zero-order valence-corrected chi connectivity index (χ0v) is 18.2. The number of piperidine rings is 1. The molecule has 2 saturated carbocycles. The zero-order chi connectivity index (χ0) is 17.4. The Morgan fingerprint density at radius 2 is 2.04 bits per heavy atom. The van der Waals surface area contributed by atoms with Gasteiger partial charge in [-0.3, -0.25) is 9.79 Å². The largest absolute Gasteiger partial charge is 0.469 e. The molecule has 2 aliphatic heterocycles. The first kappa shape index (κ1) is 20.2. The normalized spacial score (nSPS) is 32.9. The predicted octanol–water partition coefficient (Wildman–Crippen LogP) is 2.41. The minimum absolute atomic E-state index is 0. The molecule has 3 unspecified atom stereocenters. The van der Waals surface area contributed by atoms with Crippen molar-refractivity contribution in [3.63, 3.8) is 0 Å². The lowest BCUT2D eigenvalue weighted by molar-refractivity contribution is -0.171. The summed E-state index contributed by atoms with van der Waals surface area (Å²) in [5, 5.41) is 3.83. The van der Waals surface area contributed by atoms with Crippen molar-refractivity contribution in [2.45, 2.75) is 57.6 Å². The van der Waals surface area contributed by atoms with Crippen molar-refractivity contribution < 1.29 is 14.3 Å². The lowest BCUT2D eigenvalue weighted by atomic mass is 9.46. The van der Waals surface area contributed by atoms with E-state index in [1.165, 1.54) is 32.8 Å². The molecule has 4 aliphatic rings. The number of halogens is 1. The van der Waals surface area contributed by atoms with Gasteiger partial charge in [-0.15, -0.1) is 24.0 Å². The van der Waals surface area contributed by atoms with E-state index in [2.05, 4.69) is 17.1 Å². The molecule has 1 spiro atoms. The van der Waals surface area contributed by atoms with E-state index in [1.807, 2.05) is 0 Å². The van der Waals surface area contributed by atoms with Crippen molar-refractivity contribution in [2.75, 3.05) is 33.4 Å². The molecule has 0 aromatic heterocycles. The molecule has 2 saturated heterocycles. The van der Waals surface area contributed by atoms with Gasteiger partial charge in [-0.25, -0.2) is 0 Å². The van der Waals surface area contributed by atoms with Gasteiger partial charge in [0, 0.05) is 43.6 Å². The summed E-state index contributed by atoms with van der Waals surface area (Å²) < 4.78 is 10.9. The second-order valence-electron chi connectivity index (χ2n) is 8.04. The van der Waals surface area contributed by atoms with Crippen LogP contribution in [0.1, 0.15) is 45.4 Å². The van der Waals surface area contributed by atoms with E-state index in [0.717, 1.165) is 45.0 Å². The van der Waals surface area contributed by atoms with Crippen molar-refractivity contribution >= 4 is 35.9 Å². The summed E-state index contributed by atoms with van der Waals surface area (Å²) in [6, 6.07) is 0.511. The van der Waals surface area contributed by atoms with Gasteiger partial charge in [-0.05, 0) is 39.0 Å². The highest BCUT2D eigenvalue weighted by molar-refractivity contribution is 14.0. The van der Waals surface area contributed by atoms with Crippen LogP contribution in [0.2, 0.25) is 0 Å². The monoisotopic (exact) mass is 477 g/mol. The topological polar surface area (TPSA) is 63.2 Å². The van der Waals surface area contributed by atoms with Gasteiger partial charge in [0.25, 0.3) is 0 Å². The number of rotatable bonds is 3. The molecule has 0 aromatic rings. The molecule has 3 atom stereocenters.